The Balaban J connectivity index is 1.36. The van der Waals surface area contributed by atoms with Crippen molar-refractivity contribution in [1.82, 2.24) is 10.6 Å². The molecule has 0 aromatic heterocycles. The zero-order valence-corrected chi connectivity index (χ0v) is 18.4. The fraction of sp³-hybridized carbons (Fsp3) is 0.231. The summed E-state index contributed by atoms with van der Waals surface area (Å²) in [4.78, 5) is 27.3. The van der Waals surface area contributed by atoms with Crippen LogP contribution in [0.5, 0.6) is 0 Å². The van der Waals surface area contributed by atoms with Gasteiger partial charge >= 0.3 is 0 Å². The lowest BCUT2D eigenvalue weighted by molar-refractivity contribution is 0.0928. The summed E-state index contributed by atoms with van der Waals surface area (Å²) in [7, 11) is 0. The molecule has 2 amide bonds. The highest BCUT2D eigenvalue weighted by molar-refractivity contribution is 5.99. The fourth-order valence-electron chi connectivity index (χ4n) is 4.07. The Labute approximate surface area is 195 Å². The zero-order chi connectivity index (χ0) is 24.1. The van der Waals surface area contributed by atoms with Crippen molar-refractivity contribution in [2.45, 2.75) is 25.4 Å². The van der Waals surface area contributed by atoms with Gasteiger partial charge in [-0.05, 0) is 43.2 Å². The Hall–Kier alpha value is -3.81. The average molecular weight is 467 g/mol. The molecular weight excluding hydrogens is 443 g/mol. The molecular formula is C26H24F3N3O2. The van der Waals surface area contributed by atoms with Crippen LogP contribution in [0.15, 0.2) is 66.7 Å². The van der Waals surface area contributed by atoms with Crippen molar-refractivity contribution < 1.29 is 22.8 Å². The van der Waals surface area contributed by atoms with E-state index in [0.29, 0.717) is 37.1 Å². The summed E-state index contributed by atoms with van der Waals surface area (Å²) < 4.78 is 40.7. The van der Waals surface area contributed by atoms with Crippen LogP contribution >= 0.6 is 0 Å². The van der Waals surface area contributed by atoms with Gasteiger partial charge in [0.15, 0.2) is 0 Å². The van der Waals surface area contributed by atoms with Crippen LogP contribution in [0.1, 0.15) is 39.1 Å². The van der Waals surface area contributed by atoms with Crippen molar-refractivity contribution in [2.75, 3.05) is 18.0 Å². The van der Waals surface area contributed by atoms with Crippen molar-refractivity contribution in [3.8, 4) is 0 Å². The number of carbonyl (C=O) groups is 2. The smallest absolute Gasteiger partial charge is 0.253 e. The van der Waals surface area contributed by atoms with E-state index in [9.17, 15) is 22.8 Å². The maximum atomic E-state index is 13.9. The van der Waals surface area contributed by atoms with E-state index in [1.165, 1.54) is 6.07 Å². The van der Waals surface area contributed by atoms with Crippen molar-refractivity contribution in [3.05, 3.63) is 101 Å². The third kappa shape index (κ3) is 5.57. The van der Waals surface area contributed by atoms with Crippen LogP contribution in [0.4, 0.5) is 18.9 Å². The van der Waals surface area contributed by atoms with Gasteiger partial charge in [0.1, 0.15) is 17.5 Å². The van der Waals surface area contributed by atoms with Crippen LogP contribution in [0.2, 0.25) is 0 Å². The number of hydrogen-bond acceptors (Lipinski definition) is 3. The van der Waals surface area contributed by atoms with Crippen molar-refractivity contribution in [3.63, 3.8) is 0 Å². The lowest BCUT2D eigenvalue weighted by atomic mass is 10.0. The first-order valence-electron chi connectivity index (χ1n) is 11.0. The maximum Gasteiger partial charge on any atom is 0.253 e. The van der Waals surface area contributed by atoms with Gasteiger partial charge in [0.05, 0.1) is 5.56 Å². The number of para-hydroxylation sites is 1. The zero-order valence-electron chi connectivity index (χ0n) is 18.4. The molecule has 1 saturated heterocycles. The van der Waals surface area contributed by atoms with Gasteiger partial charge in [0.2, 0.25) is 0 Å². The van der Waals surface area contributed by atoms with E-state index in [2.05, 4.69) is 15.5 Å². The van der Waals surface area contributed by atoms with Crippen LogP contribution in [0.3, 0.4) is 0 Å². The number of nitrogens with zero attached hydrogens (tertiary/aromatic N) is 1. The first kappa shape index (κ1) is 23.4. The summed E-state index contributed by atoms with van der Waals surface area (Å²) in [5.74, 6) is -2.80. The number of rotatable bonds is 6. The molecule has 0 unspecified atom stereocenters. The predicted octanol–water partition coefficient (Wildman–Crippen LogP) is 4.43. The first-order chi connectivity index (χ1) is 16.4. The molecule has 0 bridgehead atoms. The fourth-order valence-corrected chi connectivity index (χ4v) is 4.07. The maximum absolute atomic E-state index is 13.9. The summed E-state index contributed by atoms with van der Waals surface area (Å²) in [6.07, 6.45) is 1.21. The Morgan fingerprint density at radius 3 is 2.21 bits per heavy atom. The van der Waals surface area contributed by atoms with Gasteiger partial charge in [-0.3, -0.25) is 9.59 Å². The molecule has 1 aliphatic rings. The molecule has 5 nitrogen and oxygen atoms in total. The first-order valence-corrected chi connectivity index (χ1v) is 11.0. The Bertz CT molecular complexity index is 1170. The lowest BCUT2D eigenvalue weighted by Crippen LogP contribution is -2.45. The van der Waals surface area contributed by atoms with Gasteiger partial charge in [0.25, 0.3) is 11.8 Å². The normalized spacial score (nSPS) is 14.0. The minimum Gasteiger partial charge on any atom is -0.371 e. The molecule has 1 heterocycles. The van der Waals surface area contributed by atoms with E-state index < -0.39 is 17.5 Å². The van der Waals surface area contributed by atoms with E-state index in [4.69, 9.17) is 0 Å². The molecule has 1 aliphatic heterocycles. The monoisotopic (exact) mass is 467 g/mol. The minimum atomic E-state index is -0.801. The highest BCUT2D eigenvalue weighted by atomic mass is 19.1. The Kier molecular flexibility index (Phi) is 7.15. The van der Waals surface area contributed by atoms with Gasteiger partial charge in [-0.1, -0.05) is 30.3 Å². The van der Waals surface area contributed by atoms with E-state index in [1.807, 2.05) is 12.1 Å². The van der Waals surface area contributed by atoms with Gasteiger partial charge < -0.3 is 15.5 Å². The highest BCUT2D eigenvalue weighted by Gasteiger charge is 2.24. The summed E-state index contributed by atoms with van der Waals surface area (Å²) >= 11 is 0. The van der Waals surface area contributed by atoms with E-state index >= 15 is 0 Å². The number of hydrogen-bond donors (Lipinski definition) is 2. The molecule has 0 radical (unpaired) electrons. The molecule has 1 fully saturated rings. The highest BCUT2D eigenvalue weighted by Crippen LogP contribution is 2.25. The van der Waals surface area contributed by atoms with E-state index in [1.54, 1.807) is 30.3 Å². The number of benzene rings is 3. The standard InChI is InChI=1S/C26H24F3N3O2/c27-19-13-18(14-20(28)15-19)25(33)31-21-9-11-32(12-10-21)24-8-4-2-6-22(24)26(34)30-16-17-5-1-3-7-23(17)29/h1-8,13-15,21H,9-12,16H2,(H,30,34)(H,31,33). The number of anilines is 1. The number of piperidine rings is 1. The number of amides is 2. The second kappa shape index (κ2) is 10.4. The predicted molar refractivity (Wildman–Crippen MR) is 123 cm³/mol. The molecule has 0 spiro atoms. The number of nitrogens with one attached hydrogen (secondary N) is 2. The van der Waals surface area contributed by atoms with E-state index in [0.717, 1.165) is 23.9 Å². The average Bonchev–Trinajstić information content (AvgIpc) is 2.83. The summed E-state index contributed by atoms with van der Waals surface area (Å²) in [5, 5.41) is 5.60. The molecule has 0 atom stereocenters. The minimum absolute atomic E-state index is 0.0585. The van der Waals surface area contributed by atoms with Crippen molar-refractivity contribution >= 4 is 17.5 Å². The molecule has 2 N–H and O–H groups in total. The molecule has 34 heavy (non-hydrogen) atoms. The van der Waals surface area contributed by atoms with Crippen LogP contribution in [0.25, 0.3) is 0 Å². The third-order valence-corrected chi connectivity index (χ3v) is 5.84. The molecule has 4 rings (SSSR count). The topological polar surface area (TPSA) is 61.4 Å². The number of carbonyl (C=O) groups excluding carboxylic acids is 2. The second-order valence-corrected chi connectivity index (χ2v) is 8.18. The van der Waals surface area contributed by atoms with Crippen molar-refractivity contribution in [1.29, 1.82) is 0 Å². The van der Waals surface area contributed by atoms with Gasteiger partial charge in [-0.25, -0.2) is 13.2 Å². The SMILES string of the molecule is O=C(NC1CCN(c2ccccc2C(=O)NCc2ccccc2F)CC1)c1cc(F)cc(F)c1. The summed E-state index contributed by atoms with van der Waals surface area (Å²) in [6.45, 7) is 1.24. The van der Waals surface area contributed by atoms with Gasteiger partial charge in [-0.2, -0.15) is 0 Å². The Morgan fingerprint density at radius 2 is 1.50 bits per heavy atom. The largest absolute Gasteiger partial charge is 0.371 e. The quantitative estimate of drug-likeness (QED) is 0.564. The summed E-state index contributed by atoms with van der Waals surface area (Å²) in [6, 6.07) is 16.0. The van der Waals surface area contributed by atoms with Crippen LogP contribution in [-0.2, 0) is 6.54 Å². The van der Waals surface area contributed by atoms with Gasteiger partial charge in [0, 0.05) is 48.6 Å². The van der Waals surface area contributed by atoms with E-state index in [-0.39, 0.29) is 29.9 Å². The Morgan fingerprint density at radius 1 is 0.853 bits per heavy atom. The molecule has 3 aromatic rings. The molecule has 0 saturated carbocycles. The van der Waals surface area contributed by atoms with Crippen molar-refractivity contribution in [2.24, 2.45) is 0 Å². The third-order valence-electron chi connectivity index (χ3n) is 5.84. The molecule has 0 aliphatic carbocycles. The second-order valence-electron chi connectivity index (χ2n) is 8.18. The van der Waals surface area contributed by atoms with Gasteiger partial charge in [-0.15, -0.1) is 0 Å². The lowest BCUT2D eigenvalue weighted by Gasteiger charge is -2.35. The van der Waals surface area contributed by atoms with Crippen LogP contribution in [0, 0.1) is 17.5 Å². The van der Waals surface area contributed by atoms with Crippen LogP contribution in [-0.4, -0.2) is 30.9 Å². The summed E-state index contributed by atoms with van der Waals surface area (Å²) in [5.41, 5.74) is 1.59. The molecule has 8 heteroatoms. The molecule has 3 aromatic carbocycles. The van der Waals surface area contributed by atoms with Crippen LogP contribution < -0.4 is 15.5 Å². The molecule has 176 valence electrons. The number of halogens is 3.